The second-order valence-electron chi connectivity index (χ2n) is 8.68. The number of benzene rings is 1. The maximum Gasteiger partial charge on any atom is 0.106 e. The fraction of sp³-hybridized carbons (Fsp3) is 0.400. The van der Waals surface area contributed by atoms with Gasteiger partial charge < -0.3 is 14.5 Å². The molecule has 0 aliphatic carbocycles. The standard InChI is InChI=1S/C25H27BrN6O/c1-18-15-32(23-6-4-19(13-27)25-22(23)3-2-8-28-25)17-21(33-18)16-30-9-11-31(12-10-30)20-5-7-24(26)29-14-20/h2-8,14,18,21H,9-12,15-17H2,1H3/t18-,21+/m1/s1/i8D. The van der Waals surface area contributed by atoms with Crippen molar-refractivity contribution in [1.82, 2.24) is 14.9 Å². The fourth-order valence-corrected chi connectivity index (χ4v) is 5.08. The number of nitriles is 1. The first-order valence-electron chi connectivity index (χ1n) is 11.8. The van der Waals surface area contributed by atoms with Gasteiger partial charge in [0.25, 0.3) is 0 Å². The highest BCUT2D eigenvalue weighted by molar-refractivity contribution is 9.10. The van der Waals surface area contributed by atoms with E-state index in [9.17, 15) is 5.26 Å². The van der Waals surface area contributed by atoms with Gasteiger partial charge in [-0.25, -0.2) is 4.98 Å². The lowest BCUT2D eigenvalue weighted by Crippen LogP contribution is -2.54. The van der Waals surface area contributed by atoms with Crippen LogP contribution in [-0.2, 0) is 4.74 Å². The Morgan fingerprint density at radius 3 is 2.73 bits per heavy atom. The monoisotopic (exact) mass is 507 g/mol. The number of anilines is 2. The predicted octanol–water partition coefficient (Wildman–Crippen LogP) is 3.68. The van der Waals surface area contributed by atoms with Gasteiger partial charge in [0.1, 0.15) is 10.7 Å². The normalized spacial score (nSPS) is 22.3. The summed E-state index contributed by atoms with van der Waals surface area (Å²) in [6.07, 6.45) is 2.29. The third-order valence-corrected chi connectivity index (χ3v) is 6.86. The Hall–Kier alpha value is -2.73. The summed E-state index contributed by atoms with van der Waals surface area (Å²) in [5.74, 6) is 0. The van der Waals surface area contributed by atoms with E-state index in [0.29, 0.717) is 11.1 Å². The van der Waals surface area contributed by atoms with Crippen LogP contribution in [0.4, 0.5) is 11.4 Å². The maximum absolute atomic E-state index is 9.50. The highest BCUT2D eigenvalue weighted by Crippen LogP contribution is 2.30. The zero-order valence-electron chi connectivity index (χ0n) is 19.6. The molecular weight excluding hydrogens is 480 g/mol. The summed E-state index contributed by atoms with van der Waals surface area (Å²) in [4.78, 5) is 15.9. The average molecular weight is 508 g/mol. The second-order valence-corrected chi connectivity index (χ2v) is 9.49. The van der Waals surface area contributed by atoms with Crippen LogP contribution in [0.3, 0.4) is 0 Å². The molecule has 8 heteroatoms. The Morgan fingerprint density at radius 2 is 1.97 bits per heavy atom. The van der Waals surface area contributed by atoms with Crippen LogP contribution in [0, 0.1) is 11.3 Å². The van der Waals surface area contributed by atoms with Crippen LogP contribution in [0.25, 0.3) is 10.9 Å². The number of pyridine rings is 2. The zero-order valence-corrected chi connectivity index (χ0v) is 20.2. The molecule has 2 aliphatic rings. The first-order valence-corrected chi connectivity index (χ1v) is 12.1. The molecule has 7 nitrogen and oxygen atoms in total. The molecule has 0 unspecified atom stereocenters. The van der Waals surface area contributed by atoms with Gasteiger partial charge in [-0.15, -0.1) is 0 Å². The van der Waals surface area contributed by atoms with E-state index in [1.807, 2.05) is 30.5 Å². The van der Waals surface area contributed by atoms with Crippen LogP contribution < -0.4 is 9.80 Å². The van der Waals surface area contributed by atoms with E-state index in [1.165, 1.54) is 0 Å². The largest absolute Gasteiger partial charge is 0.370 e. The average Bonchev–Trinajstić information content (AvgIpc) is 2.84. The van der Waals surface area contributed by atoms with E-state index in [2.05, 4.69) is 59.7 Å². The molecule has 2 aromatic heterocycles. The number of piperazine rings is 1. The van der Waals surface area contributed by atoms with Gasteiger partial charge in [0, 0.05) is 63.1 Å². The Bertz CT molecular complexity index is 1210. The summed E-state index contributed by atoms with van der Waals surface area (Å²) in [5, 5.41) is 10.4. The second kappa shape index (κ2) is 9.64. The molecule has 0 N–H and O–H groups in total. The molecule has 0 bridgehead atoms. The smallest absolute Gasteiger partial charge is 0.106 e. The van der Waals surface area contributed by atoms with Crippen LogP contribution >= 0.6 is 15.9 Å². The Balaban J connectivity index is 1.27. The van der Waals surface area contributed by atoms with Crippen LogP contribution in [0.2, 0.25) is 0 Å². The van der Waals surface area contributed by atoms with Crippen molar-refractivity contribution in [2.24, 2.45) is 0 Å². The van der Waals surface area contributed by atoms with Gasteiger partial charge in [-0.3, -0.25) is 9.88 Å². The van der Waals surface area contributed by atoms with Gasteiger partial charge in [-0.2, -0.15) is 5.26 Å². The number of fused-ring (bicyclic) bond motifs is 1. The van der Waals surface area contributed by atoms with Gasteiger partial charge in [0.2, 0.25) is 0 Å². The van der Waals surface area contributed by atoms with Crippen molar-refractivity contribution < 1.29 is 6.11 Å². The molecule has 2 atom stereocenters. The van der Waals surface area contributed by atoms with Crippen LogP contribution in [0.1, 0.15) is 13.9 Å². The van der Waals surface area contributed by atoms with Crippen molar-refractivity contribution in [2.45, 2.75) is 19.1 Å². The summed E-state index contributed by atoms with van der Waals surface area (Å²) >= 11 is 3.40. The summed E-state index contributed by atoms with van der Waals surface area (Å²) < 4.78 is 15.1. The van der Waals surface area contributed by atoms with Gasteiger partial charge >= 0.3 is 0 Å². The molecule has 0 spiro atoms. The minimum absolute atomic E-state index is 0.0961. The SMILES string of the molecule is [2H]c1ccc2c(N3C[C@H](CN4CCN(c5ccc(Br)nc5)CC4)O[C@H](C)C3)ccc(C#N)c2n1. The lowest BCUT2D eigenvalue weighted by Gasteiger charge is -2.42. The van der Waals surface area contributed by atoms with E-state index < -0.39 is 0 Å². The Morgan fingerprint density at radius 1 is 1.12 bits per heavy atom. The first-order chi connectivity index (χ1) is 16.5. The van der Waals surface area contributed by atoms with E-state index >= 15 is 0 Å². The molecule has 3 aromatic rings. The molecule has 0 radical (unpaired) electrons. The molecule has 2 aliphatic heterocycles. The lowest BCUT2D eigenvalue weighted by atomic mass is 10.1. The van der Waals surface area contributed by atoms with Crippen LogP contribution in [0.15, 0.2) is 53.4 Å². The minimum atomic E-state index is 0.0961. The van der Waals surface area contributed by atoms with Crippen LogP contribution in [-0.4, -0.2) is 72.9 Å². The van der Waals surface area contributed by atoms with Gasteiger partial charge in [0.15, 0.2) is 0 Å². The quantitative estimate of drug-likeness (QED) is 0.498. The Kier molecular flexibility index (Phi) is 6.09. The third-order valence-electron chi connectivity index (χ3n) is 6.39. The van der Waals surface area contributed by atoms with Gasteiger partial charge in [-0.1, -0.05) is 0 Å². The third kappa shape index (κ3) is 4.81. The highest BCUT2D eigenvalue weighted by atomic mass is 79.9. The highest BCUT2D eigenvalue weighted by Gasteiger charge is 2.29. The number of morpholine rings is 1. The fourth-order valence-electron chi connectivity index (χ4n) is 4.84. The van der Waals surface area contributed by atoms with E-state index in [0.717, 1.165) is 67.2 Å². The molecule has 4 heterocycles. The van der Waals surface area contributed by atoms with E-state index in [1.54, 1.807) is 6.07 Å². The molecule has 0 amide bonds. The number of nitrogens with zero attached hydrogens (tertiary/aromatic N) is 6. The van der Waals surface area contributed by atoms with Crippen molar-refractivity contribution in [3.05, 3.63) is 58.9 Å². The molecule has 5 rings (SSSR count). The maximum atomic E-state index is 9.50. The van der Waals surface area contributed by atoms with Gasteiger partial charge in [0.05, 0.1) is 36.5 Å². The molecule has 1 aromatic carbocycles. The summed E-state index contributed by atoms with van der Waals surface area (Å²) in [6.45, 7) is 8.48. The summed E-state index contributed by atoms with van der Waals surface area (Å²) in [5.41, 5.74) is 3.31. The van der Waals surface area contributed by atoms with Crippen molar-refractivity contribution in [3.63, 3.8) is 0 Å². The molecule has 170 valence electrons. The number of aromatic nitrogens is 2. The van der Waals surface area contributed by atoms with E-state index in [-0.39, 0.29) is 18.4 Å². The lowest BCUT2D eigenvalue weighted by molar-refractivity contribution is -0.0327. The minimum Gasteiger partial charge on any atom is -0.370 e. The van der Waals surface area contributed by atoms with Crippen molar-refractivity contribution in [3.8, 4) is 6.07 Å². The molecular formula is C25H27BrN6O. The van der Waals surface area contributed by atoms with Gasteiger partial charge in [-0.05, 0) is 59.3 Å². The molecule has 0 saturated carbocycles. The topological polar surface area (TPSA) is 68.5 Å². The van der Waals surface area contributed by atoms with Crippen molar-refractivity contribution in [1.29, 1.82) is 5.26 Å². The van der Waals surface area contributed by atoms with Crippen molar-refractivity contribution >= 4 is 38.2 Å². The van der Waals surface area contributed by atoms with Crippen LogP contribution in [0.5, 0.6) is 0 Å². The summed E-state index contributed by atoms with van der Waals surface area (Å²) in [7, 11) is 0. The first kappa shape index (κ1) is 20.8. The molecule has 33 heavy (non-hydrogen) atoms. The number of ether oxygens (including phenoxy) is 1. The Labute approximate surface area is 204 Å². The number of hydrogen-bond donors (Lipinski definition) is 0. The van der Waals surface area contributed by atoms with E-state index in [4.69, 9.17) is 6.11 Å². The number of halogens is 1. The summed E-state index contributed by atoms with van der Waals surface area (Å²) in [6, 6.07) is 13.7. The number of hydrogen-bond acceptors (Lipinski definition) is 7. The van der Waals surface area contributed by atoms with Crippen molar-refractivity contribution in [2.75, 3.05) is 55.6 Å². The predicted molar refractivity (Wildman–Crippen MR) is 134 cm³/mol. The molecule has 2 saturated heterocycles. The molecule has 2 fully saturated rings. The zero-order chi connectivity index (χ0) is 23.7. The number of rotatable bonds is 4.